The van der Waals surface area contributed by atoms with Gasteiger partial charge < -0.3 is 14.8 Å². The first-order chi connectivity index (χ1) is 11.6. The first-order valence-corrected chi connectivity index (χ1v) is 9.36. The van der Waals surface area contributed by atoms with Gasteiger partial charge in [0.25, 0.3) is 0 Å². The van der Waals surface area contributed by atoms with Crippen LogP contribution in [0.2, 0.25) is 0 Å². The van der Waals surface area contributed by atoms with Crippen molar-refractivity contribution < 1.29 is 0 Å². The van der Waals surface area contributed by atoms with Gasteiger partial charge in [-0.25, -0.2) is 4.99 Å². The largest absolute Gasteiger partial charge is 0.356 e. The highest BCUT2D eigenvalue weighted by Gasteiger charge is 2.09. The van der Waals surface area contributed by atoms with Crippen molar-refractivity contribution in [2.75, 3.05) is 20.1 Å². The maximum Gasteiger partial charge on any atom is 0.194 e. The van der Waals surface area contributed by atoms with Crippen LogP contribution in [0.4, 0.5) is 0 Å². The lowest BCUT2D eigenvalue weighted by Crippen LogP contribution is -2.40. The van der Waals surface area contributed by atoms with Gasteiger partial charge in [-0.2, -0.15) is 0 Å². The minimum Gasteiger partial charge on any atom is -0.356 e. The predicted octanol–water partition coefficient (Wildman–Crippen LogP) is 3.22. The van der Waals surface area contributed by atoms with Crippen molar-refractivity contribution in [3.8, 4) is 0 Å². The second kappa shape index (κ2) is 11.5. The Morgan fingerprint density at radius 3 is 2.80 bits per heavy atom. The molecule has 2 aromatic heterocycles. The van der Waals surface area contributed by atoms with E-state index in [2.05, 4.69) is 51.9 Å². The van der Waals surface area contributed by atoms with Crippen molar-refractivity contribution in [3.05, 3.63) is 34.0 Å². The highest BCUT2D eigenvalue weighted by Crippen LogP contribution is 2.09. The summed E-state index contributed by atoms with van der Waals surface area (Å²) in [6, 6.07) is 4.28. The molecule has 2 heterocycles. The fourth-order valence-electron chi connectivity index (χ4n) is 2.26. The summed E-state index contributed by atoms with van der Waals surface area (Å²) < 4.78 is 1.98. The van der Waals surface area contributed by atoms with E-state index in [9.17, 15) is 0 Å². The third-order valence-electron chi connectivity index (χ3n) is 4.00. The summed E-state index contributed by atoms with van der Waals surface area (Å²) in [6.45, 7) is 6.57. The van der Waals surface area contributed by atoms with Crippen LogP contribution in [0.5, 0.6) is 0 Å². The average molecular weight is 476 g/mol. The number of unbranched alkanes of at least 4 members (excludes halogenated alkanes) is 1. The molecule has 0 aliphatic rings. The normalized spacial score (nSPS) is 11.3. The molecule has 140 valence electrons. The molecule has 0 unspecified atom stereocenters. The van der Waals surface area contributed by atoms with Crippen LogP contribution in [0.1, 0.15) is 36.3 Å². The highest BCUT2D eigenvalue weighted by molar-refractivity contribution is 14.0. The van der Waals surface area contributed by atoms with Crippen molar-refractivity contribution in [3.63, 3.8) is 0 Å². The van der Waals surface area contributed by atoms with E-state index in [1.165, 1.54) is 11.3 Å². The van der Waals surface area contributed by atoms with Gasteiger partial charge >= 0.3 is 0 Å². The van der Waals surface area contributed by atoms with Crippen LogP contribution in [-0.4, -0.2) is 45.8 Å². The number of halogens is 1. The van der Waals surface area contributed by atoms with E-state index >= 15 is 0 Å². The van der Waals surface area contributed by atoms with Crippen LogP contribution in [-0.2, 0) is 20.0 Å². The molecular weight excluding hydrogens is 447 g/mol. The molecule has 25 heavy (non-hydrogen) atoms. The summed E-state index contributed by atoms with van der Waals surface area (Å²) in [5, 5.41) is 13.9. The monoisotopic (exact) mass is 476 g/mol. The molecule has 6 nitrogen and oxygen atoms in total. The zero-order valence-corrected chi connectivity index (χ0v) is 18.7. The van der Waals surface area contributed by atoms with E-state index in [1.807, 2.05) is 18.5 Å². The van der Waals surface area contributed by atoms with E-state index in [0.29, 0.717) is 6.54 Å². The number of nitrogens with one attached hydrogen (secondary N) is 1. The topological polar surface area (TPSA) is 58.3 Å². The molecule has 0 aliphatic heterocycles. The van der Waals surface area contributed by atoms with Crippen LogP contribution in [0.15, 0.2) is 22.5 Å². The summed E-state index contributed by atoms with van der Waals surface area (Å²) in [7, 11) is 4.07. The van der Waals surface area contributed by atoms with Gasteiger partial charge in [-0.15, -0.1) is 45.5 Å². The summed E-state index contributed by atoms with van der Waals surface area (Å²) in [4.78, 5) is 8.35. The summed E-state index contributed by atoms with van der Waals surface area (Å²) in [6.07, 6.45) is 3.34. The Labute approximate surface area is 171 Å². The van der Waals surface area contributed by atoms with Crippen molar-refractivity contribution in [2.24, 2.45) is 12.0 Å². The second-order valence-electron chi connectivity index (χ2n) is 5.89. The van der Waals surface area contributed by atoms with Crippen LogP contribution in [0.3, 0.4) is 0 Å². The number of hydrogen-bond acceptors (Lipinski definition) is 4. The summed E-state index contributed by atoms with van der Waals surface area (Å²) >= 11 is 1.80. The molecule has 1 N–H and O–H groups in total. The SMILES string of the molecule is CCCCNC(=NCc1nnc(C)n1C)N(C)CCc1cccs1.I. The Bertz CT molecular complexity index is 638. The number of guanidine groups is 1. The molecule has 2 rings (SSSR count). The first kappa shape index (κ1) is 21.9. The van der Waals surface area contributed by atoms with E-state index in [4.69, 9.17) is 4.99 Å². The zero-order chi connectivity index (χ0) is 17.4. The maximum atomic E-state index is 4.75. The molecule has 0 amide bonds. The molecule has 0 radical (unpaired) electrons. The fraction of sp³-hybridized carbons (Fsp3) is 0.588. The first-order valence-electron chi connectivity index (χ1n) is 8.48. The van der Waals surface area contributed by atoms with Gasteiger partial charge in [0.1, 0.15) is 12.4 Å². The number of thiophene rings is 1. The molecule has 0 aliphatic carbocycles. The highest BCUT2D eigenvalue weighted by atomic mass is 127. The smallest absolute Gasteiger partial charge is 0.194 e. The van der Waals surface area contributed by atoms with Crippen LogP contribution >= 0.6 is 35.3 Å². The number of likely N-dealkylation sites (N-methyl/N-ethyl adjacent to an activating group) is 1. The minimum absolute atomic E-state index is 0. The Balaban J connectivity index is 0.00000312. The number of aryl methyl sites for hydroxylation is 1. The van der Waals surface area contributed by atoms with Crippen molar-refractivity contribution in [2.45, 2.75) is 39.7 Å². The maximum absolute atomic E-state index is 4.75. The summed E-state index contributed by atoms with van der Waals surface area (Å²) in [5.41, 5.74) is 0. The third kappa shape index (κ3) is 6.93. The van der Waals surface area contributed by atoms with E-state index in [-0.39, 0.29) is 24.0 Å². The Morgan fingerprint density at radius 2 is 2.20 bits per heavy atom. The van der Waals surface area contributed by atoms with Gasteiger partial charge in [0, 0.05) is 32.1 Å². The number of nitrogens with zero attached hydrogens (tertiary/aromatic N) is 5. The quantitative estimate of drug-likeness (QED) is 0.275. The van der Waals surface area contributed by atoms with Crippen molar-refractivity contribution in [1.29, 1.82) is 0 Å². The average Bonchev–Trinajstić information content (AvgIpc) is 3.20. The molecule has 8 heteroatoms. The van der Waals surface area contributed by atoms with Crippen molar-refractivity contribution >= 4 is 41.3 Å². The second-order valence-corrected chi connectivity index (χ2v) is 6.93. The standard InChI is InChI=1S/C17H28N6S.HI/c1-5-6-10-18-17(19-13-16-21-20-14(2)23(16)4)22(3)11-9-15-8-7-12-24-15;/h7-8,12H,5-6,9-11,13H2,1-4H3,(H,18,19);1H. The van der Waals surface area contributed by atoms with E-state index in [0.717, 1.165) is 43.5 Å². The fourth-order valence-corrected chi connectivity index (χ4v) is 2.96. The van der Waals surface area contributed by atoms with Gasteiger partial charge in [0.15, 0.2) is 11.8 Å². The molecule has 0 saturated carbocycles. The predicted molar refractivity (Wildman–Crippen MR) is 116 cm³/mol. The number of aromatic nitrogens is 3. The third-order valence-corrected chi connectivity index (χ3v) is 4.94. The van der Waals surface area contributed by atoms with E-state index in [1.54, 1.807) is 11.3 Å². The van der Waals surface area contributed by atoms with Gasteiger partial charge in [0.2, 0.25) is 0 Å². The number of aliphatic imine (C=N–C) groups is 1. The van der Waals surface area contributed by atoms with E-state index < -0.39 is 0 Å². The molecule has 0 aromatic carbocycles. The van der Waals surface area contributed by atoms with Gasteiger partial charge in [-0.05, 0) is 31.2 Å². The molecule has 0 bridgehead atoms. The van der Waals surface area contributed by atoms with Crippen LogP contribution < -0.4 is 5.32 Å². The van der Waals surface area contributed by atoms with Gasteiger partial charge in [-0.1, -0.05) is 19.4 Å². The van der Waals surface area contributed by atoms with Crippen LogP contribution in [0, 0.1) is 6.92 Å². The number of hydrogen-bond donors (Lipinski definition) is 1. The Kier molecular flexibility index (Phi) is 10.0. The summed E-state index contributed by atoms with van der Waals surface area (Å²) in [5.74, 6) is 2.72. The Morgan fingerprint density at radius 1 is 1.40 bits per heavy atom. The van der Waals surface area contributed by atoms with Crippen molar-refractivity contribution in [1.82, 2.24) is 25.0 Å². The molecule has 0 atom stereocenters. The molecule has 0 saturated heterocycles. The number of rotatable bonds is 8. The van der Waals surface area contributed by atoms with Gasteiger partial charge in [-0.3, -0.25) is 0 Å². The van der Waals surface area contributed by atoms with Crippen LogP contribution in [0.25, 0.3) is 0 Å². The Hall–Kier alpha value is -1.16. The lowest BCUT2D eigenvalue weighted by Gasteiger charge is -2.22. The van der Waals surface area contributed by atoms with Gasteiger partial charge in [0.05, 0.1) is 0 Å². The molecule has 0 spiro atoms. The lowest BCUT2D eigenvalue weighted by molar-refractivity contribution is 0.482. The minimum atomic E-state index is 0. The zero-order valence-electron chi connectivity index (χ0n) is 15.5. The molecular formula is C17H29IN6S. The molecule has 0 fully saturated rings. The lowest BCUT2D eigenvalue weighted by atomic mass is 10.3. The molecule has 2 aromatic rings.